The summed E-state index contributed by atoms with van der Waals surface area (Å²) in [5.74, 6) is -1.85. The van der Waals surface area contributed by atoms with Crippen LogP contribution in [0.25, 0.3) is 5.76 Å². The molecule has 1 fully saturated rings. The van der Waals surface area contributed by atoms with E-state index in [1.165, 1.54) is 36.5 Å². The molecule has 7 nitrogen and oxygen atoms in total. The number of ketones is 1. The Morgan fingerprint density at radius 2 is 1.91 bits per heavy atom. The molecule has 0 radical (unpaired) electrons. The van der Waals surface area contributed by atoms with Gasteiger partial charge in [-0.3, -0.25) is 14.6 Å². The van der Waals surface area contributed by atoms with Crippen LogP contribution in [0.5, 0.6) is 11.5 Å². The Balaban J connectivity index is 1.94. The summed E-state index contributed by atoms with van der Waals surface area (Å²) in [7, 11) is 2.75. The average Bonchev–Trinajstić information content (AvgIpc) is 3.41. The van der Waals surface area contributed by atoms with Crippen LogP contribution >= 0.6 is 34.5 Å². The zero-order valence-corrected chi connectivity index (χ0v) is 19.9. The summed E-state index contributed by atoms with van der Waals surface area (Å²) in [6, 6.07) is 9.34. The number of hydrogen-bond acceptors (Lipinski definition) is 7. The lowest BCUT2D eigenvalue weighted by atomic mass is 9.97. The zero-order chi connectivity index (χ0) is 23.7. The van der Waals surface area contributed by atoms with Gasteiger partial charge in [0.1, 0.15) is 16.8 Å². The van der Waals surface area contributed by atoms with E-state index < -0.39 is 23.5 Å². The van der Waals surface area contributed by atoms with Crippen molar-refractivity contribution in [3.63, 3.8) is 0 Å². The van der Waals surface area contributed by atoms with Crippen molar-refractivity contribution in [1.29, 1.82) is 0 Å². The quantitative estimate of drug-likeness (QED) is 0.285. The predicted molar refractivity (Wildman–Crippen MR) is 126 cm³/mol. The van der Waals surface area contributed by atoms with Crippen LogP contribution in [0.2, 0.25) is 10.0 Å². The van der Waals surface area contributed by atoms with Gasteiger partial charge in [-0.2, -0.15) is 0 Å². The van der Waals surface area contributed by atoms with E-state index in [1.807, 2.05) is 17.5 Å². The van der Waals surface area contributed by atoms with Crippen LogP contribution in [0.15, 0.2) is 53.5 Å². The van der Waals surface area contributed by atoms with Gasteiger partial charge in [-0.05, 0) is 29.6 Å². The Bertz CT molecular complexity index is 1250. The molecule has 1 amide bonds. The van der Waals surface area contributed by atoms with E-state index in [4.69, 9.17) is 32.7 Å². The number of amides is 1. The van der Waals surface area contributed by atoms with Crippen LogP contribution < -0.4 is 9.47 Å². The Labute approximate surface area is 203 Å². The van der Waals surface area contributed by atoms with Crippen molar-refractivity contribution in [2.24, 2.45) is 0 Å². The molecular weight excluding hydrogens is 487 g/mol. The van der Waals surface area contributed by atoms with Crippen molar-refractivity contribution in [2.45, 2.75) is 12.6 Å². The number of likely N-dealkylation sites (tertiary alicyclic amines) is 1. The minimum absolute atomic E-state index is 0.0243. The average molecular weight is 505 g/mol. The molecule has 1 atom stereocenters. The van der Waals surface area contributed by atoms with Crippen molar-refractivity contribution in [3.8, 4) is 11.5 Å². The molecule has 0 saturated carbocycles. The van der Waals surface area contributed by atoms with Crippen molar-refractivity contribution in [1.82, 2.24) is 9.88 Å². The van der Waals surface area contributed by atoms with Gasteiger partial charge in [0, 0.05) is 11.1 Å². The SMILES string of the molecule is COc1c(Cl)cc(/C(O)=C2\C(=O)C(=O)N(Cc3cccs3)C2c2ccccn2)c(OC)c1Cl. The van der Waals surface area contributed by atoms with Gasteiger partial charge in [0.25, 0.3) is 11.7 Å². The fraction of sp³-hybridized carbons (Fsp3) is 0.174. The molecule has 1 aliphatic heterocycles. The number of thiophene rings is 1. The summed E-state index contributed by atoms with van der Waals surface area (Å²) < 4.78 is 10.6. The van der Waals surface area contributed by atoms with Gasteiger partial charge < -0.3 is 19.5 Å². The maximum absolute atomic E-state index is 13.2. The van der Waals surface area contributed by atoms with Crippen LogP contribution in [0.3, 0.4) is 0 Å². The molecule has 3 aromatic rings. The van der Waals surface area contributed by atoms with E-state index in [-0.39, 0.29) is 39.2 Å². The van der Waals surface area contributed by atoms with Crippen molar-refractivity contribution < 1.29 is 24.2 Å². The first-order valence-corrected chi connectivity index (χ1v) is 11.3. The molecule has 2 aromatic heterocycles. The number of benzene rings is 1. The number of Topliss-reactive ketones (excluding diaryl/α,β-unsaturated/α-hetero) is 1. The van der Waals surface area contributed by atoms with E-state index in [0.29, 0.717) is 5.69 Å². The van der Waals surface area contributed by atoms with Crippen molar-refractivity contribution in [2.75, 3.05) is 14.2 Å². The van der Waals surface area contributed by atoms with Gasteiger partial charge in [0.05, 0.1) is 42.6 Å². The second-order valence-electron chi connectivity index (χ2n) is 7.05. The Hall–Kier alpha value is -3.07. The van der Waals surface area contributed by atoms with Gasteiger partial charge in [0.15, 0.2) is 11.5 Å². The van der Waals surface area contributed by atoms with E-state index in [9.17, 15) is 14.7 Å². The highest BCUT2D eigenvalue weighted by Crippen LogP contribution is 2.47. The number of carbonyl (C=O) groups is 2. The van der Waals surface area contributed by atoms with Crippen molar-refractivity contribution in [3.05, 3.63) is 79.7 Å². The second-order valence-corrected chi connectivity index (χ2v) is 8.86. The molecule has 1 aromatic carbocycles. The van der Waals surface area contributed by atoms with E-state index in [0.717, 1.165) is 4.88 Å². The maximum atomic E-state index is 13.2. The number of pyridine rings is 1. The van der Waals surface area contributed by atoms with Gasteiger partial charge >= 0.3 is 0 Å². The summed E-state index contributed by atoms with van der Waals surface area (Å²) in [5, 5.41) is 13.3. The number of ether oxygens (including phenoxy) is 2. The first kappa shape index (κ1) is 23.1. The molecule has 170 valence electrons. The molecule has 1 unspecified atom stereocenters. The number of aliphatic hydroxyl groups excluding tert-OH is 1. The number of rotatable bonds is 6. The second kappa shape index (κ2) is 9.43. The first-order chi connectivity index (χ1) is 15.9. The summed E-state index contributed by atoms with van der Waals surface area (Å²) in [6.45, 7) is 0.182. The molecule has 3 heterocycles. The number of nitrogens with zero attached hydrogens (tertiary/aromatic N) is 2. The van der Waals surface area contributed by atoms with Gasteiger partial charge in [0.2, 0.25) is 0 Å². The fourth-order valence-electron chi connectivity index (χ4n) is 3.75. The predicted octanol–water partition coefficient (Wildman–Crippen LogP) is 5.09. The first-order valence-electron chi connectivity index (χ1n) is 9.71. The normalized spacial score (nSPS) is 17.5. The number of methoxy groups -OCH3 is 2. The smallest absolute Gasteiger partial charge is 0.296 e. The summed E-state index contributed by atoms with van der Waals surface area (Å²) >= 11 is 14.1. The highest BCUT2D eigenvalue weighted by molar-refractivity contribution is 7.09. The number of carbonyl (C=O) groups excluding carboxylic acids is 2. The largest absolute Gasteiger partial charge is 0.507 e. The monoisotopic (exact) mass is 504 g/mol. The highest BCUT2D eigenvalue weighted by Gasteiger charge is 2.47. The van der Waals surface area contributed by atoms with Crippen LogP contribution in [0.1, 0.15) is 22.2 Å². The van der Waals surface area contributed by atoms with Gasteiger partial charge in [-0.15, -0.1) is 11.3 Å². The third-order valence-electron chi connectivity index (χ3n) is 5.21. The van der Waals surface area contributed by atoms with E-state index in [1.54, 1.807) is 24.4 Å². The fourth-order valence-corrected chi connectivity index (χ4v) is 5.14. The standard InChI is InChI=1S/C23H18Cl2N2O5S/c1-31-21-13(10-14(24)22(32-2)17(21)25)19(28)16-18(15-7-3-4-8-26-15)27(23(30)20(16)29)11-12-6-5-9-33-12/h3-10,18,28H,11H2,1-2H3/b19-16+. The summed E-state index contributed by atoms with van der Waals surface area (Å²) in [5.41, 5.74) is 0.355. The molecule has 33 heavy (non-hydrogen) atoms. The molecule has 1 aliphatic rings. The van der Waals surface area contributed by atoms with Crippen LogP contribution in [-0.4, -0.2) is 40.9 Å². The van der Waals surface area contributed by atoms with Crippen LogP contribution in [-0.2, 0) is 16.1 Å². The molecule has 1 N–H and O–H groups in total. The highest BCUT2D eigenvalue weighted by atomic mass is 35.5. The van der Waals surface area contributed by atoms with Crippen LogP contribution in [0, 0.1) is 0 Å². The minimum Gasteiger partial charge on any atom is -0.507 e. The molecule has 0 aliphatic carbocycles. The molecule has 1 saturated heterocycles. The lowest BCUT2D eigenvalue weighted by Crippen LogP contribution is -2.29. The van der Waals surface area contributed by atoms with Crippen molar-refractivity contribution >= 4 is 52.0 Å². The Morgan fingerprint density at radius 1 is 1.15 bits per heavy atom. The van der Waals surface area contributed by atoms with Gasteiger partial charge in [-0.1, -0.05) is 35.3 Å². The third kappa shape index (κ3) is 4.06. The molecule has 0 bridgehead atoms. The number of aromatic nitrogens is 1. The third-order valence-corrected chi connectivity index (χ3v) is 6.69. The maximum Gasteiger partial charge on any atom is 0.296 e. The number of halogens is 2. The van der Waals surface area contributed by atoms with Gasteiger partial charge in [-0.25, -0.2) is 0 Å². The van der Waals surface area contributed by atoms with E-state index >= 15 is 0 Å². The van der Waals surface area contributed by atoms with E-state index in [2.05, 4.69) is 4.98 Å². The molecular formula is C23H18Cl2N2O5S. The minimum atomic E-state index is -0.919. The summed E-state index contributed by atoms with van der Waals surface area (Å²) in [6.07, 6.45) is 1.56. The lowest BCUT2D eigenvalue weighted by Gasteiger charge is -2.24. The molecule has 0 spiro atoms. The lowest BCUT2D eigenvalue weighted by molar-refractivity contribution is -0.140. The summed E-state index contributed by atoms with van der Waals surface area (Å²) in [4.78, 5) is 32.8. The zero-order valence-electron chi connectivity index (χ0n) is 17.5. The Morgan fingerprint density at radius 3 is 2.52 bits per heavy atom. The molecule has 10 heteroatoms. The Kier molecular flexibility index (Phi) is 6.60. The molecule has 4 rings (SSSR count). The number of aliphatic hydroxyl groups is 1. The van der Waals surface area contributed by atoms with Crippen LogP contribution in [0.4, 0.5) is 0 Å². The topological polar surface area (TPSA) is 89.0 Å². The number of hydrogen-bond donors (Lipinski definition) is 1.